The summed E-state index contributed by atoms with van der Waals surface area (Å²) in [5.41, 5.74) is 5.15. The average molecular weight is 363 g/mol. The van der Waals surface area contributed by atoms with Crippen LogP contribution >= 0.6 is 0 Å². The third-order valence-corrected chi connectivity index (χ3v) is 4.94. The van der Waals surface area contributed by atoms with Crippen LogP contribution in [-0.2, 0) is 4.79 Å². The van der Waals surface area contributed by atoms with Gasteiger partial charge in [0.05, 0.1) is 0 Å². The molecule has 1 aromatic carbocycles. The van der Waals surface area contributed by atoms with Crippen molar-refractivity contribution in [3.05, 3.63) is 52.7 Å². The normalized spacial score (nSPS) is 19.7. The van der Waals surface area contributed by atoms with Gasteiger partial charge in [-0.15, -0.1) is 0 Å². The number of hydrogen-bond donors (Lipinski definition) is 0. The van der Waals surface area contributed by atoms with Gasteiger partial charge in [-0.25, -0.2) is 0 Å². The third kappa shape index (κ3) is 6.25. The molecule has 1 aromatic rings. The smallest absolute Gasteiger partial charge is 0.213 e. The Morgan fingerprint density at radius 2 is 2.19 bits per heavy atom. The molecule has 1 fully saturated rings. The van der Waals surface area contributed by atoms with Crippen LogP contribution in [0.2, 0.25) is 0 Å². The van der Waals surface area contributed by atoms with Crippen LogP contribution in [0.15, 0.2) is 41.0 Å². The molecular weight excluding hydrogens is 332 g/mol. The number of likely N-dealkylation sites (tertiary alicyclic amines) is 1. The number of rotatable bonds is 4. The number of aliphatic imine (C=N–C) groups is 1. The van der Waals surface area contributed by atoms with Crippen molar-refractivity contribution >= 4 is 18.2 Å². The van der Waals surface area contributed by atoms with E-state index in [1.807, 2.05) is 17.0 Å². The fourth-order valence-corrected chi connectivity index (χ4v) is 3.05. The Kier molecular flexibility index (Phi) is 8.07. The van der Waals surface area contributed by atoms with Gasteiger partial charge in [-0.2, -0.15) is 0 Å². The molecule has 1 aliphatic heterocycles. The van der Waals surface area contributed by atoms with Gasteiger partial charge in [0.15, 0.2) is 0 Å². The second-order valence-electron chi connectivity index (χ2n) is 7.11. The molecule has 3 heteroatoms. The van der Waals surface area contributed by atoms with Gasteiger partial charge in [0.2, 0.25) is 6.41 Å². The van der Waals surface area contributed by atoms with Crippen molar-refractivity contribution in [1.82, 2.24) is 4.90 Å². The zero-order chi connectivity index (χ0) is 19.6. The van der Waals surface area contributed by atoms with Crippen LogP contribution in [-0.4, -0.2) is 30.6 Å². The largest absolute Gasteiger partial charge is 0.319 e. The van der Waals surface area contributed by atoms with Gasteiger partial charge in [0.1, 0.15) is 5.71 Å². The molecule has 0 aliphatic carbocycles. The van der Waals surface area contributed by atoms with E-state index in [4.69, 9.17) is 0 Å². The van der Waals surface area contributed by atoms with Gasteiger partial charge >= 0.3 is 0 Å². The summed E-state index contributed by atoms with van der Waals surface area (Å²) in [4.78, 5) is 17.6. The van der Waals surface area contributed by atoms with E-state index in [0.29, 0.717) is 5.92 Å². The van der Waals surface area contributed by atoms with Crippen molar-refractivity contribution < 1.29 is 4.79 Å². The number of aryl methyl sites for hydroxylation is 1. The Hall–Kier alpha value is -2.60. The first-order valence-corrected chi connectivity index (χ1v) is 9.75. The van der Waals surface area contributed by atoms with E-state index >= 15 is 0 Å². The number of benzene rings is 1. The molecule has 0 N–H and O–H groups in total. The first kappa shape index (κ1) is 20.7. The van der Waals surface area contributed by atoms with E-state index in [9.17, 15) is 4.79 Å². The number of amides is 1. The number of nitrogens with zero attached hydrogens (tertiary/aromatic N) is 2. The van der Waals surface area contributed by atoms with E-state index in [-0.39, 0.29) is 0 Å². The zero-order valence-electron chi connectivity index (χ0n) is 17.0. The third-order valence-electron chi connectivity index (χ3n) is 4.94. The summed E-state index contributed by atoms with van der Waals surface area (Å²) in [6.45, 7) is 7.24. The molecule has 1 saturated heterocycles. The second-order valence-corrected chi connectivity index (χ2v) is 7.11. The lowest BCUT2D eigenvalue weighted by Gasteiger charge is -2.18. The minimum atomic E-state index is 0.652. The lowest BCUT2D eigenvalue weighted by molar-refractivity contribution is -0.116. The number of hydrogen-bond acceptors (Lipinski definition) is 2. The summed E-state index contributed by atoms with van der Waals surface area (Å²) in [7, 11) is 1.76. The lowest BCUT2D eigenvalue weighted by Crippen LogP contribution is -2.21. The SMILES string of the molecule is CC/C=C\C(C#Cc1ccc(C)c(/C=C2/CCC(C)CCN2C=O)c1)=NC. The molecule has 1 atom stereocenters. The highest BCUT2D eigenvalue weighted by Gasteiger charge is 2.17. The maximum absolute atomic E-state index is 11.5. The number of carbonyl (C=O) groups excluding carboxylic acids is 1. The summed E-state index contributed by atoms with van der Waals surface area (Å²) >= 11 is 0. The van der Waals surface area contributed by atoms with E-state index in [1.54, 1.807) is 7.05 Å². The van der Waals surface area contributed by atoms with E-state index < -0.39 is 0 Å². The van der Waals surface area contributed by atoms with E-state index in [1.165, 1.54) is 5.56 Å². The van der Waals surface area contributed by atoms with Crippen LogP contribution in [0.25, 0.3) is 6.08 Å². The maximum Gasteiger partial charge on any atom is 0.213 e. The topological polar surface area (TPSA) is 32.7 Å². The molecule has 1 amide bonds. The molecule has 0 bridgehead atoms. The molecule has 0 radical (unpaired) electrons. The van der Waals surface area contributed by atoms with E-state index in [2.05, 4.69) is 61.9 Å². The molecule has 27 heavy (non-hydrogen) atoms. The highest BCUT2D eigenvalue weighted by Crippen LogP contribution is 2.26. The van der Waals surface area contributed by atoms with Gasteiger partial charge in [-0.05, 0) is 79.9 Å². The Bertz CT molecular complexity index is 805. The van der Waals surface area contributed by atoms with Gasteiger partial charge in [0, 0.05) is 24.9 Å². The molecule has 142 valence electrons. The summed E-state index contributed by atoms with van der Waals surface area (Å²) in [5, 5.41) is 0. The molecule has 0 spiro atoms. The second kappa shape index (κ2) is 10.5. The standard InChI is InChI=1S/C24H30N2O/c1-5-6-7-23(25-4)12-11-21-10-9-20(3)22(16-21)17-24-13-8-19(2)14-15-26(24)18-27/h6-7,9-10,16-19H,5,8,13-15H2,1-4H3/b7-6-,24-17-,25-23?. The van der Waals surface area contributed by atoms with Crippen molar-refractivity contribution in [3.8, 4) is 11.8 Å². The molecule has 1 unspecified atom stereocenters. The molecular formula is C24H30N2O. The molecule has 1 aliphatic rings. The van der Waals surface area contributed by atoms with Crippen molar-refractivity contribution in [2.45, 2.75) is 46.5 Å². The zero-order valence-corrected chi connectivity index (χ0v) is 17.0. The first-order valence-electron chi connectivity index (χ1n) is 9.75. The van der Waals surface area contributed by atoms with Crippen LogP contribution in [0.1, 0.15) is 56.2 Å². The highest BCUT2D eigenvalue weighted by atomic mass is 16.1. The fraction of sp³-hybridized carbons (Fsp3) is 0.417. The first-order chi connectivity index (χ1) is 13.1. The van der Waals surface area contributed by atoms with Crippen molar-refractivity contribution in [1.29, 1.82) is 0 Å². The summed E-state index contributed by atoms with van der Waals surface area (Å²) in [6.07, 6.45) is 11.2. The summed E-state index contributed by atoms with van der Waals surface area (Å²) in [5.74, 6) is 6.99. The fourth-order valence-electron chi connectivity index (χ4n) is 3.05. The molecule has 0 saturated carbocycles. The average Bonchev–Trinajstić information content (AvgIpc) is 2.85. The van der Waals surface area contributed by atoms with Crippen molar-refractivity contribution in [3.63, 3.8) is 0 Å². The van der Waals surface area contributed by atoms with Gasteiger partial charge in [-0.3, -0.25) is 9.79 Å². The Morgan fingerprint density at radius 1 is 1.37 bits per heavy atom. The predicted octanol–water partition coefficient (Wildman–Crippen LogP) is 5.00. The summed E-state index contributed by atoms with van der Waals surface area (Å²) < 4.78 is 0. The summed E-state index contributed by atoms with van der Waals surface area (Å²) in [6, 6.07) is 6.23. The van der Waals surface area contributed by atoms with Crippen LogP contribution < -0.4 is 0 Å². The number of allylic oxidation sites excluding steroid dienone is 3. The van der Waals surface area contributed by atoms with Crippen LogP contribution in [0.3, 0.4) is 0 Å². The van der Waals surface area contributed by atoms with Crippen LogP contribution in [0.4, 0.5) is 0 Å². The van der Waals surface area contributed by atoms with Crippen LogP contribution in [0.5, 0.6) is 0 Å². The van der Waals surface area contributed by atoms with Gasteiger partial charge in [-0.1, -0.05) is 31.9 Å². The maximum atomic E-state index is 11.5. The minimum Gasteiger partial charge on any atom is -0.319 e. The molecule has 2 rings (SSSR count). The van der Waals surface area contributed by atoms with Crippen LogP contribution in [0, 0.1) is 24.7 Å². The molecule has 3 nitrogen and oxygen atoms in total. The minimum absolute atomic E-state index is 0.652. The highest BCUT2D eigenvalue weighted by molar-refractivity contribution is 6.08. The van der Waals surface area contributed by atoms with Crippen molar-refractivity contribution in [2.24, 2.45) is 10.9 Å². The molecule has 1 heterocycles. The number of carbonyl (C=O) groups is 1. The van der Waals surface area contributed by atoms with E-state index in [0.717, 1.165) is 61.2 Å². The van der Waals surface area contributed by atoms with Crippen molar-refractivity contribution in [2.75, 3.05) is 13.6 Å². The predicted molar refractivity (Wildman–Crippen MR) is 115 cm³/mol. The molecule has 0 aromatic heterocycles. The Balaban J connectivity index is 2.32. The Morgan fingerprint density at radius 3 is 2.89 bits per heavy atom. The quantitative estimate of drug-likeness (QED) is 0.421. The van der Waals surface area contributed by atoms with Gasteiger partial charge in [0.25, 0.3) is 0 Å². The lowest BCUT2D eigenvalue weighted by atomic mass is 10.0. The monoisotopic (exact) mass is 362 g/mol. The van der Waals surface area contributed by atoms with Gasteiger partial charge < -0.3 is 4.90 Å². The Labute approximate surface area is 163 Å².